The third-order valence-corrected chi connectivity index (χ3v) is 6.16. The SMILES string of the molecule is COc1ccc([N+](=O)[O-])cc1NC(=O)c1sc2ncn(Cc3ccccc3)c(=O)c2c1C. The van der Waals surface area contributed by atoms with E-state index < -0.39 is 10.8 Å². The standard InChI is InChI=1S/C22H18N4O5S/c1-13-18-21(23-12-25(22(18)28)11-14-6-4-3-5-7-14)32-19(13)20(27)24-16-10-15(26(29)30)8-9-17(16)31-2/h3-10,12H,11H2,1-2H3,(H,24,27). The number of ether oxygens (including phenoxy) is 1. The molecule has 2 heterocycles. The number of anilines is 1. The van der Waals surface area contributed by atoms with Crippen LogP contribution in [0.2, 0.25) is 0 Å². The van der Waals surface area contributed by atoms with E-state index in [-0.39, 0.29) is 22.7 Å². The number of nitro groups is 1. The number of hydrogen-bond donors (Lipinski definition) is 1. The number of carbonyl (C=O) groups is 1. The topological polar surface area (TPSA) is 116 Å². The molecule has 4 rings (SSSR count). The molecule has 4 aromatic rings. The van der Waals surface area contributed by atoms with E-state index >= 15 is 0 Å². The summed E-state index contributed by atoms with van der Waals surface area (Å²) in [6.07, 6.45) is 1.47. The van der Waals surface area contributed by atoms with Gasteiger partial charge in [0.05, 0.1) is 40.9 Å². The first-order valence-corrected chi connectivity index (χ1v) is 10.4. The highest BCUT2D eigenvalue weighted by atomic mass is 32.1. The van der Waals surface area contributed by atoms with Crippen molar-refractivity contribution in [2.75, 3.05) is 12.4 Å². The Morgan fingerprint density at radius 2 is 2.00 bits per heavy atom. The van der Waals surface area contributed by atoms with E-state index in [9.17, 15) is 19.7 Å². The zero-order valence-electron chi connectivity index (χ0n) is 17.2. The van der Waals surface area contributed by atoms with Gasteiger partial charge in [-0.1, -0.05) is 30.3 Å². The van der Waals surface area contributed by atoms with Crippen molar-refractivity contribution < 1.29 is 14.5 Å². The van der Waals surface area contributed by atoms with Crippen LogP contribution in [-0.2, 0) is 6.54 Å². The number of rotatable bonds is 6. The Morgan fingerprint density at radius 3 is 2.69 bits per heavy atom. The number of fused-ring (bicyclic) bond motifs is 1. The molecular formula is C22H18N4O5S. The molecule has 1 amide bonds. The van der Waals surface area contributed by atoms with Gasteiger partial charge in [0.15, 0.2) is 0 Å². The highest BCUT2D eigenvalue weighted by molar-refractivity contribution is 7.20. The number of nitrogens with zero attached hydrogens (tertiary/aromatic N) is 3. The fourth-order valence-corrected chi connectivity index (χ4v) is 4.39. The average Bonchev–Trinajstić information content (AvgIpc) is 3.13. The Kier molecular flexibility index (Phi) is 5.69. The number of amides is 1. The second-order valence-corrected chi connectivity index (χ2v) is 7.99. The van der Waals surface area contributed by atoms with Crippen LogP contribution >= 0.6 is 11.3 Å². The molecule has 0 atom stereocenters. The Bertz CT molecular complexity index is 1390. The Morgan fingerprint density at radius 1 is 1.25 bits per heavy atom. The molecule has 0 fully saturated rings. The fourth-order valence-electron chi connectivity index (χ4n) is 3.35. The summed E-state index contributed by atoms with van der Waals surface area (Å²) >= 11 is 1.09. The second-order valence-electron chi connectivity index (χ2n) is 7.00. The first kappa shape index (κ1) is 21.2. The van der Waals surface area contributed by atoms with Crippen LogP contribution in [-0.4, -0.2) is 27.5 Å². The molecule has 2 aromatic heterocycles. The number of nitrogens with one attached hydrogen (secondary N) is 1. The summed E-state index contributed by atoms with van der Waals surface area (Å²) in [5.41, 5.74) is 1.21. The summed E-state index contributed by atoms with van der Waals surface area (Å²) in [5, 5.41) is 14.1. The lowest BCUT2D eigenvalue weighted by molar-refractivity contribution is -0.384. The molecule has 10 heteroatoms. The van der Waals surface area contributed by atoms with Crippen LogP contribution < -0.4 is 15.6 Å². The van der Waals surface area contributed by atoms with Crippen molar-refractivity contribution in [1.29, 1.82) is 0 Å². The van der Waals surface area contributed by atoms with Gasteiger partial charge in [-0.15, -0.1) is 11.3 Å². The number of nitro benzene ring substituents is 1. The number of hydrogen-bond acceptors (Lipinski definition) is 7. The maximum absolute atomic E-state index is 13.1. The monoisotopic (exact) mass is 450 g/mol. The van der Waals surface area contributed by atoms with Crippen LogP contribution in [0.3, 0.4) is 0 Å². The quantitative estimate of drug-likeness (QED) is 0.351. The third kappa shape index (κ3) is 3.95. The number of non-ortho nitro benzene ring substituents is 1. The summed E-state index contributed by atoms with van der Waals surface area (Å²) in [4.78, 5) is 41.7. The van der Waals surface area contributed by atoms with Crippen LogP contribution in [0.1, 0.15) is 20.8 Å². The third-order valence-electron chi connectivity index (χ3n) is 4.96. The van der Waals surface area contributed by atoms with E-state index in [0.29, 0.717) is 27.2 Å². The number of aryl methyl sites for hydroxylation is 1. The lowest BCUT2D eigenvalue weighted by atomic mass is 10.2. The van der Waals surface area contributed by atoms with Gasteiger partial charge in [-0.05, 0) is 24.1 Å². The Labute approximate surface area is 186 Å². The summed E-state index contributed by atoms with van der Waals surface area (Å²) in [6.45, 7) is 2.05. The van der Waals surface area contributed by atoms with Gasteiger partial charge in [-0.25, -0.2) is 4.98 Å². The molecule has 0 aliphatic rings. The summed E-state index contributed by atoms with van der Waals surface area (Å²) in [6, 6.07) is 13.5. The van der Waals surface area contributed by atoms with E-state index in [4.69, 9.17) is 4.74 Å². The smallest absolute Gasteiger partial charge is 0.271 e. The van der Waals surface area contributed by atoms with Crippen molar-refractivity contribution in [3.05, 3.63) is 91.3 Å². The van der Waals surface area contributed by atoms with Crippen LogP contribution in [0.15, 0.2) is 59.7 Å². The van der Waals surface area contributed by atoms with Crippen LogP contribution in [0.4, 0.5) is 11.4 Å². The number of thiophene rings is 1. The zero-order valence-corrected chi connectivity index (χ0v) is 18.0. The molecular weight excluding hydrogens is 432 g/mol. The largest absolute Gasteiger partial charge is 0.495 e. The highest BCUT2D eigenvalue weighted by Crippen LogP contribution is 2.32. The molecule has 0 aliphatic carbocycles. The molecule has 0 spiro atoms. The number of carbonyl (C=O) groups excluding carboxylic acids is 1. The normalized spacial score (nSPS) is 10.8. The van der Waals surface area contributed by atoms with Crippen LogP contribution in [0.5, 0.6) is 5.75 Å². The molecule has 9 nitrogen and oxygen atoms in total. The van der Waals surface area contributed by atoms with Gasteiger partial charge in [0.1, 0.15) is 10.6 Å². The number of benzene rings is 2. The number of aromatic nitrogens is 2. The molecule has 0 saturated heterocycles. The van der Waals surface area contributed by atoms with Gasteiger partial charge in [-0.2, -0.15) is 0 Å². The van der Waals surface area contributed by atoms with Gasteiger partial charge in [0, 0.05) is 12.1 Å². The first-order chi connectivity index (χ1) is 15.4. The van der Waals surface area contributed by atoms with Gasteiger partial charge in [0.25, 0.3) is 17.2 Å². The predicted molar refractivity (Wildman–Crippen MR) is 122 cm³/mol. The van der Waals surface area contributed by atoms with Crippen molar-refractivity contribution in [3.8, 4) is 5.75 Å². The van der Waals surface area contributed by atoms with E-state index in [2.05, 4.69) is 10.3 Å². The van der Waals surface area contributed by atoms with Gasteiger partial charge in [0.2, 0.25) is 0 Å². The summed E-state index contributed by atoms with van der Waals surface area (Å²) < 4.78 is 6.70. The summed E-state index contributed by atoms with van der Waals surface area (Å²) in [7, 11) is 1.40. The molecule has 0 aliphatic heterocycles. The van der Waals surface area contributed by atoms with Gasteiger partial charge in [-0.3, -0.25) is 24.3 Å². The maximum atomic E-state index is 13.1. The molecule has 162 valence electrons. The zero-order chi connectivity index (χ0) is 22.8. The van der Waals surface area contributed by atoms with Crippen LogP contribution in [0.25, 0.3) is 10.2 Å². The predicted octanol–water partition coefficient (Wildman–Crippen LogP) is 3.98. The minimum atomic E-state index is -0.557. The molecule has 32 heavy (non-hydrogen) atoms. The highest BCUT2D eigenvalue weighted by Gasteiger charge is 2.21. The van der Waals surface area contributed by atoms with Crippen molar-refractivity contribution in [2.24, 2.45) is 0 Å². The minimum absolute atomic E-state index is 0.165. The second kappa shape index (κ2) is 8.60. The van der Waals surface area contributed by atoms with Gasteiger partial charge < -0.3 is 10.1 Å². The lowest BCUT2D eigenvalue weighted by Gasteiger charge is -2.09. The Hall–Kier alpha value is -4.05. The molecule has 0 unspecified atom stereocenters. The molecule has 1 N–H and O–H groups in total. The molecule has 0 radical (unpaired) electrons. The van der Waals surface area contributed by atoms with E-state index in [1.54, 1.807) is 6.92 Å². The average molecular weight is 450 g/mol. The number of methoxy groups -OCH3 is 1. The van der Waals surface area contributed by atoms with Gasteiger partial charge >= 0.3 is 0 Å². The summed E-state index contributed by atoms with van der Waals surface area (Å²) in [5.74, 6) is -0.218. The molecule has 0 bridgehead atoms. The van der Waals surface area contributed by atoms with Crippen molar-refractivity contribution in [3.63, 3.8) is 0 Å². The Balaban J connectivity index is 1.70. The lowest BCUT2D eigenvalue weighted by Crippen LogP contribution is -2.21. The van der Waals surface area contributed by atoms with Crippen LogP contribution in [0, 0.1) is 17.0 Å². The maximum Gasteiger partial charge on any atom is 0.271 e. The van der Waals surface area contributed by atoms with Crippen molar-refractivity contribution in [2.45, 2.75) is 13.5 Å². The molecule has 0 saturated carbocycles. The van der Waals surface area contributed by atoms with E-state index in [1.807, 2.05) is 30.3 Å². The minimum Gasteiger partial charge on any atom is -0.495 e. The van der Waals surface area contributed by atoms with E-state index in [0.717, 1.165) is 16.9 Å². The molecule has 2 aromatic carbocycles. The van der Waals surface area contributed by atoms with E-state index in [1.165, 1.54) is 36.2 Å². The van der Waals surface area contributed by atoms with Crippen molar-refractivity contribution in [1.82, 2.24) is 9.55 Å². The first-order valence-electron chi connectivity index (χ1n) is 9.55. The fraction of sp³-hybridized carbons (Fsp3) is 0.136. The van der Waals surface area contributed by atoms with Crippen molar-refractivity contribution >= 4 is 38.8 Å².